The second-order valence-electron chi connectivity index (χ2n) is 4.70. The molecular formula is C14H18ClFN2O3. The summed E-state index contributed by atoms with van der Waals surface area (Å²) in [4.78, 5) is 23.6. The number of alkyl carbamates (subject to hydrolysis) is 1. The number of hydrogen-bond acceptors (Lipinski definition) is 3. The van der Waals surface area contributed by atoms with Crippen molar-refractivity contribution in [2.24, 2.45) is 5.92 Å². The van der Waals surface area contributed by atoms with Gasteiger partial charge in [0.2, 0.25) is 5.91 Å². The predicted molar refractivity (Wildman–Crippen MR) is 78.8 cm³/mol. The lowest BCUT2D eigenvalue weighted by Crippen LogP contribution is -2.47. The predicted octanol–water partition coefficient (Wildman–Crippen LogP) is 3.19. The molecular weight excluding hydrogens is 299 g/mol. The number of halogens is 2. The Labute approximate surface area is 127 Å². The van der Waals surface area contributed by atoms with Crippen LogP contribution in [0.4, 0.5) is 14.9 Å². The normalized spacial score (nSPS) is 11.9. The largest absolute Gasteiger partial charge is 0.450 e. The Morgan fingerprint density at radius 3 is 2.57 bits per heavy atom. The van der Waals surface area contributed by atoms with Crippen molar-refractivity contribution < 1.29 is 18.7 Å². The molecule has 5 nitrogen and oxygen atoms in total. The van der Waals surface area contributed by atoms with Gasteiger partial charge < -0.3 is 15.4 Å². The Bertz CT molecular complexity index is 523. The van der Waals surface area contributed by atoms with E-state index in [0.717, 1.165) is 6.07 Å². The van der Waals surface area contributed by atoms with Gasteiger partial charge in [-0.25, -0.2) is 9.18 Å². The minimum atomic E-state index is -0.770. The van der Waals surface area contributed by atoms with E-state index in [2.05, 4.69) is 10.6 Å². The van der Waals surface area contributed by atoms with Crippen LogP contribution in [0, 0.1) is 11.7 Å². The van der Waals surface area contributed by atoms with Crippen molar-refractivity contribution in [3.05, 3.63) is 29.0 Å². The van der Waals surface area contributed by atoms with Crippen molar-refractivity contribution in [2.45, 2.75) is 26.8 Å². The van der Waals surface area contributed by atoms with Crippen LogP contribution in [0.1, 0.15) is 20.8 Å². The van der Waals surface area contributed by atoms with Gasteiger partial charge in [0.05, 0.1) is 11.6 Å². The van der Waals surface area contributed by atoms with Crippen molar-refractivity contribution in [2.75, 3.05) is 11.9 Å². The molecule has 2 amide bonds. The summed E-state index contributed by atoms with van der Waals surface area (Å²) in [6.07, 6.45) is -0.663. The number of amides is 2. The quantitative estimate of drug-likeness (QED) is 0.876. The Morgan fingerprint density at radius 1 is 1.38 bits per heavy atom. The molecule has 0 saturated heterocycles. The molecule has 0 aliphatic heterocycles. The zero-order chi connectivity index (χ0) is 16.0. The monoisotopic (exact) mass is 316 g/mol. The van der Waals surface area contributed by atoms with E-state index in [1.807, 2.05) is 0 Å². The van der Waals surface area contributed by atoms with E-state index in [0.29, 0.717) is 5.69 Å². The summed E-state index contributed by atoms with van der Waals surface area (Å²) in [6, 6.07) is 3.08. The van der Waals surface area contributed by atoms with Gasteiger partial charge in [-0.2, -0.15) is 0 Å². The number of ether oxygens (including phenoxy) is 1. The van der Waals surface area contributed by atoms with Crippen LogP contribution in [0.5, 0.6) is 0 Å². The number of nitrogens with one attached hydrogen (secondary N) is 2. The van der Waals surface area contributed by atoms with E-state index in [-0.39, 0.29) is 17.5 Å². The Morgan fingerprint density at radius 2 is 2.05 bits per heavy atom. The maximum absolute atomic E-state index is 13.1. The summed E-state index contributed by atoms with van der Waals surface area (Å²) in [7, 11) is 0. The number of hydrogen-bond donors (Lipinski definition) is 2. The first-order chi connectivity index (χ1) is 9.85. The van der Waals surface area contributed by atoms with Crippen molar-refractivity contribution in [1.29, 1.82) is 0 Å². The standard InChI is InChI=1S/C14H18ClFN2O3/c1-4-21-14(20)18-12(8(2)3)13(19)17-9-5-6-11(16)10(15)7-9/h5-8,12H,4H2,1-3H3,(H,17,19)(H,18,20)/t12-/m0/s1. The van der Waals surface area contributed by atoms with Crippen LogP contribution in [-0.2, 0) is 9.53 Å². The SMILES string of the molecule is CCOC(=O)N[C@H](C(=O)Nc1ccc(F)c(Cl)c1)C(C)C. The van der Waals surface area contributed by atoms with Crippen molar-refractivity contribution >= 4 is 29.3 Å². The molecule has 1 rings (SSSR count). The Hall–Kier alpha value is -1.82. The van der Waals surface area contributed by atoms with E-state index in [1.165, 1.54) is 12.1 Å². The number of rotatable bonds is 5. The van der Waals surface area contributed by atoms with Crippen LogP contribution >= 0.6 is 11.6 Å². The van der Waals surface area contributed by atoms with E-state index in [1.54, 1.807) is 20.8 Å². The highest BCUT2D eigenvalue weighted by Crippen LogP contribution is 2.19. The molecule has 0 bridgehead atoms. The molecule has 21 heavy (non-hydrogen) atoms. The molecule has 116 valence electrons. The minimum absolute atomic E-state index is 0.0905. The average Bonchev–Trinajstić information content (AvgIpc) is 2.40. The van der Waals surface area contributed by atoms with Gasteiger partial charge >= 0.3 is 6.09 Å². The number of anilines is 1. The zero-order valence-corrected chi connectivity index (χ0v) is 12.8. The summed E-state index contributed by atoms with van der Waals surface area (Å²) < 4.78 is 17.8. The Kier molecular flexibility index (Phi) is 6.42. The molecule has 0 saturated carbocycles. The summed E-state index contributed by atoms with van der Waals surface area (Å²) in [5.41, 5.74) is 0.350. The summed E-state index contributed by atoms with van der Waals surface area (Å²) in [6.45, 7) is 5.46. The second kappa shape index (κ2) is 7.83. The van der Waals surface area contributed by atoms with E-state index < -0.39 is 23.9 Å². The summed E-state index contributed by atoms with van der Waals surface area (Å²) in [5.74, 6) is -1.15. The molecule has 1 aromatic carbocycles. The van der Waals surface area contributed by atoms with Gasteiger partial charge in [-0.3, -0.25) is 4.79 Å². The van der Waals surface area contributed by atoms with Crippen LogP contribution in [0.2, 0.25) is 5.02 Å². The molecule has 0 aromatic heterocycles. The molecule has 7 heteroatoms. The Balaban J connectivity index is 2.76. The van der Waals surface area contributed by atoms with Crippen molar-refractivity contribution in [3.63, 3.8) is 0 Å². The van der Waals surface area contributed by atoms with Gasteiger partial charge in [-0.05, 0) is 31.0 Å². The lowest BCUT2D eigenvalue weighted by Gasteiger charge is -2.21. The lowest BCUT2D eigenvalue weighted by atomic mass is 10.0. The fourth-order valence-corrected chi connectivity index (χ4v) is 1.81. The molecule has 1 atom stereocenters. The van der Waals surface area contributed by atoms with Gasteiger partial charge in [0, 0.05) is 5.69 Å². The highest BCUT2D eigenvalue weighted by molar-refractivity contribution is 6.31. The second-order valence-corrected chi connectivity index (χ2v) is 5.11. The average molecular weight is 317 g/mol. The lowest BCUT2D eigenvalue weighted by molar-refractivity contribution is -0.119. The van der Waals surface area contributed by atoms with E-state index in [9.17, 15) is 14.0 Å². The van der Waals surface area contributed by atoms with Crippen LogP contribution in [0.15, 0.2) is 18.2 Å². The van der Waals surface area contributed by atoms with Gasteiger partial charge in [-0.15, -0.1) is 0 Å². The third kappa shape index (κ3) is 5.23. The first-order valence-corrected chi connectivity index (χ1v) is 6.92. The van der Waals surface area contributed by atoms with E-state index in [4.69, 9.17) is 16.3 Å². The molecule has 0 unspecified atom stereocenters. The molecule has 0 fully saturated rings. The smallest absolute Gasteiger partial charge is 0.407 e. The fraction of sp³-hybridized carbons (Fsp3) is 0.429. The molecule has 2 N–H and O–H groups in total. The molecule has 0 spiro atoms. The first kappa shape index (κ1) is 17.2. The maximum atomic E-state index is 13.1. The number of carbonyl (C=O) groups is 2. The zero-order valence-electron chi connectivity index (χ0n) is 12.1. The number of benzene rings is 1. The topological polar surface area (TPSA) is 67.4 Å². The maximum Gasteiger partial charge on any atom is 0.407 e. The van der Waals surface area contributed by atoms with Crippen LogP contribution in [0.25, 0.3) is 0 Å². The van der Waals surface area contributed by atoms with Gasteiger partial charge in [0.15, 0.2) is 0 Å². The van der Waals surface area contributed by atoms with E-state index >= 15 is 0 Å². The minimum Gasteiger partial charge on any atom is -0.450 e. The van der Waals surface area contributed by atoms with Gasteiger partial charge in [-0.1, -0.05) is 25.4 Å². The van der Waals surface area contributed by atoms with Gasteiger partial charge in [0.1, 0.15) is 11.9 Å². The molecule has 0 radical (unpaired) electrons. The van der Waals surface area contributed by atoms with Crippen molar-refractivity contribution in [3.8, 4) is 0 Å². The van der Waals surface area contributed by atoms with Crippen molar-refractivity contribution in [1.82, 2.24) is 5.32 Å². The van der Waals surface area contributed by atoms with Gasteiger partial charge in [0.25, 0.3) is 0 Å². The summed E-state index contributed by atoms with van der Waals surface area (Å²) in [5, 5.41) is 4.97. The number of carbonyl (C=O) groups excluding carboxylic acids is 2. The third-order valence-corrected chi connectivity index (χ3v) is 2.97. The van der Waals surface area contributed by atoms with Crippen LogP contribution < -0.4 is 10.6 Å². The molecule has 0 aliphatic rings. The molecule has 0 aliphatic carbocycles. The highest BCUT2D eigenvalue weighted by Gasteiger charge is 2.24. The fourth-order valence-electron chi connectivity index (χ4n) is 1.63. The summed E-state index contributed by atoms with van der Waals surface area (Å²) >= 11 is 5.65. The molecule has 0 heterocycles. The van der Waals surface area contributed by atoms with Crippen LogP contribution in [0.3, 0.4) is 0 Å². The van der Waals surface area contributed by atoms with Crippen LogP contribution in [-0.4, -0.2) is 24.6 Å². The highest BCUT2D eigenvalue weighted by atomic mass is 35.5. The molecule has 1 aromatic rings. The third-order valence-electron chi connectivity index (χ3n) is 2.69. The first-order valence-electron chi connectivity index (χ1n) is 6.54.